The predicted octanol–water partition coefficient (Wildman–Crippen LogP) is 0.730. The van der Waals surface area contributed by atoms with Gasteiger partial charge in [-0.3, -0.25) is 0 Å². The lowest BCUT2D eigenvalue weighted by Crippen LogP contribution is -2.32. The van der Waals surface area contributed by atoms with Crippen molar-refractivity contribution in [1.29, 1.82) is 10.5 Å². The van der Waals surface area contributed by atoms with E-state index in [1.54, 1.807) is 32.0 Å². The number of aliphatic imine (C=N–C) groups is 1. The second-order valence-corrected chi connectivity index (χ2v) is 2.17. The summed E-state index contributed by atoms with van der Waals surface area (Å²) >= 11 is 0. The van der Waals surface area contributed by atoms with Crippen molar-refractivity contribution in [1.82, 2.24) is 4.90 Å². The molecule has 4 heteroatoms. The van der Waals surface area contributed by atoms with Gasteiger partial charge < -0.3 is 4.90 Å². The van der Waals surface area contributed by atoms with E-state index in [0.717, 1.165) is 0 Å². The Morgan fingerprint density at radius 3 is 2.45 bits per heavy atom. The molecule has 0 saturated carbocycles. The Bertz CT molecular complexity index is 230. The maximum atomic E-state index is 8.49. The molecule has 0 saturated heterocycles. The highest BCUT2D eigenvalue weighted by molar-refractivity contribution is 5.80. The van der Waals surface area contributed by atoms with Crippen molar-refractivity contribution in [3.05, 3.63) is 0 Å². The summed E-state index contributed by atoms with van der Waals surface area (Å²) in [6, 6.07) is 1.80. The maximum Gasteiger partial charge on any atom is 0.207 e. The first kappa shape index (κ1) is 9.45. The van der Waals surface area contributed by atoms with Crippen molar-refractivity contribution >= 4 is 5.84 Å². The van der Waals surface area contributed by atoms with Crippen LogP contribution in [0.25, 0.3) is 0 Å². The number of hydrogen-bond donors (Lipinski definition) is 0. The molecule has 1 unspecified atom stereocenters. The molecule has 4 nitrogen and oxygen atoms in total. The fraction of sp³-hybridized carbons (Fsp3) is 0.571. The molecule has 0 bridgehead atoms. The third-order valence-corrected chi connectivity index (χ3v) is 1.49. The summed E-state index contributed by atoms with van der Waals surface area (Å²) in [6.07, 6.45) is 1.66. The molecule has 58 valence electrons. The molecule has 0 spiro atoms. The second kappa shape index (κ2) is 4.29. The Kier molecular flexibility index (Phi) is 3.69. The predicted molar refractivity (Wildman–Crippen MR) is 41.6 cm³/mol. The lowest BCUT2D eigenvalue weighted by molar-refractivity contribution is 0.458. The van der Waals surface area contributed by atoms with Crippen molar-refractivity contribution in [3.8, 4) is 12.3 Å². The molecule has 0 N–H and O–H groups in total. The van der Waals surface area contributed by atoms with Gasteiger partial charge in [-0.1, -0.05) is 0 Å². The molecule has 0 fully saturated rings. The third-order valence-electron chi connectivity index (χ3n) is 1.49. The zero-order chi connectivity index (χ0) is 8.85. The van der Waals surface area contributed by atoms with E-state index in [9.17, 15) is 0 Å². The highest BCUT2D eigenvalue weighted by Crippen LogP contribution is 1.94. The molecule has 0 heterocycles. The van der Waals surface area contributed by atoms with Gasteiger partial charge in [-0.25, -0.2) is 0 Å². The number of hydrogen-bond acceptors (Lipinski definition) is 3. The van der Waals surface area contributed by atoms with Crippen LogP contribution in [0.2, 0.25) is 0 Å². The summed E-state index contributed by atoms with van der Waals surface area (Å²) in [4.78, 5) is 5.13. The average Bonchev–Trinajstić information content (AvgIpc) is 2.02. The molecule has 0 rings (SSSR count). The van der Waals surface area contributed by atoms with Crippen molar-refractivity contribution in [2.24, 2.45) is 4.99 Å². The Labute approximate surface area is 66.4 Å². The lowest BCUT2D eigenvalue weighted by atomic mass is 10.3. The van der Waals surface area contributed by atoms with Crippen molar-refractivity contribution < 1.29 is 0 Å². The Balaban J connectivity index is 4.29. The van der Waals surface area contributed by atoms with Gasteiger partial charge in [-0.15, -0.1) is 0 Å². The van der Waals surface area contributed by atoms with Crippen LogP contribution in [0.1, 0.15) is 13.8 Å². The van der Waals surface area contributed by atoms with Crippen LogP contribution < -0.4 is 0 Å². The summed E-state index contributed by atoms with van der Waals surface area (Å²) in [5.41, 5.74) is 0. The summed E-state index contributed by atoms with van der Waals surface area (Å²) in [5, 5.41) is 16.7. The minimum absolute atomic E-state index is 0.243. The van der Waals surface area contributed by atoms with Gasteiger partial charge in [0.05, 0.1) is 6.07 Å². The Morgan fingerprint density at radius 1 is 1.55 bits per heavy atom. The highest BCUT2D eigenvalue weighted by Gasteiger charge is 2.07. The van der Waals surface area contributed by atoms with Gasteiger partial charge >= 0.3 is 0 Å². The van der Waals surface area contributed by atoms with Crippen LogP contribution >= 0.6 is 0 Å². The Hall–Kier alpha value is -1.55. The zero-order valence-electron chi connectivity index (χ0n) is 6.87. The molecule has 0 aliphatic heterocycles. The van der Waals surface area contributed by atoms with E-state index < -0.39 is 0 Å². The summed E-state index contributed by atoms with van der Waals surface area (Å²) < 4.78 is 0. The summed E-state index contributed by atoms with van der Waals surface area (Å²) in [6.45, 7) is 3.44. The quantitative estimate of drug-likeness (QED) is 0.314. The van der Waals surface area contributed by atoms with Crippen LogP contribution in [0.4, 0.5) is 0 Å². The largest absolute Gasteiger partial charge is 0.347 e. The minimum Gasteiger partial charge on any atom is -0.347 e. The fourth-order valence-corrected chi connectivity index (χ4v) is 0.518. The van der Waals surface area contributed by atoms with E-state index in [-0.39, 0.29) is 6.04 Å². The number of nitriles is 2. The first-order chi connectivity index (χ1) is 5.13. The molecule has 0 aromatic heterocycles. The van der Waals surface area contributed by atoms with Crippen molar-refractivity contribution in [3.63, 3.8) is 0 Å². The van der Waals surface area contributed by atoms with E-state index in [1.807, 2.05) is 6.07 Å². The van der Waals surface area contributed by atoms with Gasteiger partial charge in [-0.2, -0.15) is 15.5 Å². The van der Waals surface area contributed by atoms with Crippen molar-refractivity contribution in [2.75, 3.05) is 7.05 Å². The zero-order valence-corrected chi connectivity index (χ0v) is 6.87. The fourth-order valence-electron chi connectivity index (χ4n) is 0.518. The normalized spacial score (nSPS) is 13.0. The first-order valence-corrected chi connectivity index (χ1v) is 3.19. The van der Waals surface area contributed by atoms with Gasteiger partial charge in [-0.05, 0) is 13.8 Å². The first-order valence-electron chi connectivity index (χ1n) is 3.19. The molecule has 0 aromatic rings. The van der Waals surface area contributed by atoms with Crippen LogP contribution in [-0.4, -0.2) is 23.8 Å². The smallest absolute Gasteiger partial charge is 0.207 e. The van der Waals surface area contributed by atoms with E-state index in [1.165, 1.54) is 0 Å². The highest BCUT2D eigenvalue weighted by atomic mass is 15.2. The van der Waals surface area contributed by atoms with Crippen LogP contribution in [0, 0.1) is 22.8 Å². The van der Waals surface area contributed by atoms with E-state index in [4.69, 9.17) is 10.5 Å². The number of amidine groups is 1. The molecular weight excluding hydrogens is 140 g/mol. The monoisotopic (exact) mass is 150 g/mol. The molecular formula is C7H10N4. The van der Waals surface area contributed by atoms with Crippen LogP contribution in [-0.2, 0) is 0 Å². The second-order valence-electron chi connectivity index (χ2n) is 2.17. The van der Waals surface area contributed by atoms with Gasteiger partial charge in [0.1, 0.15) is 11.9 Å². The van der Waals surface area contributed by atoms with Gasteiger partial charge in [0.25, 0.3) is 0 Å². The molecule has 1 atom stereocenters. The maximum absolute atomic E-state index is 8.49. The van der Waals surface area contributed by atoms with Crippen LogP contribution in [0.3, 0.4) is 0 Å². The third kappa shape index (κ3) is 2.68. The summed E-state index contributed by atoms with van der Waals surface area (Å²) in [7, 11) is 1.73. The van der Waals surface area contributed by atoms with E-state index >= 15 is 0 Å². The molecule has 0 amide bonds. The van der Waals surface area contributed by atoms with Gasteiger partial charge in [0.2, 0.25) is 6.19 Å². The van der Waals surface area contributed by atoms with Crippen molar-refractivity contribution in [2.45, 2.75) is 19.9 Å². The van der Waals surface area contributed by atoms with E-state index in [2.05, 4.69) is 4.99 Å². The molecule has 0 aliphatic carbocycles. The van der Waals surface area contributed by atoms with E-state index in [0.29, 0.717) is 5.84 Å². The number of rotatable bonds is 1. The minimum atomic E-state index is -0.243. The SMILES string of the molecule is CC(=NC#N)N(C)C(C)C#N. The summed E-state index contributed by atoms with van der Waals surface area (Å²) in [5.74, 6) is 0.557. The van der Waals surface area contributed by atoms with Gasteiger partial charge in [0.15, 0.2) is 0 Å². The molecule has 0 aliphatic rings. The molecule has 0 aromatic carbocycles. The number of nitrogens with zero attached hydrogens (tertiary/aromatic N) is 4. The lowest BCUT2D eigenvalue weighted by Gasteiger charge is -2.19. The van der Waals surface area contributed by atoms with Crippen LogP contribution in [0.5, 0.6) is 0 Å². The van der Waals surface area contributed by atoms with Gasteiger partial charge in [0, 0.05) is 7.05 Å². The van der Waals surface area contributed by atoms with Crippen LogP contribution in [0.15, 0.2) is 4.99 Å². The average molecular weight is 150 g/mol. The Morgan fingerprint density at radius 2 is 2.09 bits per heavy atom. The molecule has 11 heavy (non-hydrogen) atoms. The standard InChI is InChI=1S/C7H10N4/c1-6(4-8)11(3)7(2)10-5-9/h6H,1-3H3. The molecule has 0 radical (unpaired) electrons. The topological polar surface area (TPSA) is 63.2 Å².